The van der Waals surface area contributed by atoms with Crippen molar-refractivity contribution in [3.8, 4) is 0 Å². The first-order valence-electron chi connectivity index (χ1n) is 5.69. The Kier molecular flexibility index (Phi) is 4.68. The third kappa shape index (κ3) is 4.11. The minimum atomic E-state index is -0.872. The second kappa shape index (κ2) is 5.62. The predicted octanol–water partition coefficient (Wildman–Crippen LogP) is 1.97. The molecule has 0 bridgehead atoms. The van der Waals surface area contributed by atoms with Gasteiger partial charge in [-0.15, -0.1) is 0 Å². The van der Waals surface area contributed by atoms with Gasteiger partial charge in [0.2, 0.25) is 0 Å². The smallest absolute Gasteiger partial charge is 0.308 e. The van der Waals surface area contributed by atoms with Crippen molar-refractivity contribution in [3.63, 3.8) is 0 Å². The van der Waals surface area contributed by atoms with E-state index in [0.717, 1.165) is 5.57 Å². The number of hydrogen-bond acceptors (Lipinski definition) is 5. The van der Waals surface area contributed by atoms with Crippen LogP contribution < -0.4 is 0 Å². The molecule has 0 spiro atoms. The number of ether oxygens (including phenoxy) is 2. The Morgan fingerprint density at radius 2 is 2.12 bits per heavy atom. The van der Waals surface area contributed by atoms with E-state index in [-0.39, 0.29) is 12.4 Å². The highest BCUT2D eigenvalue weighted by Gasteiger charge is 2.40. The molecule has 0 aliphatic carbocycles. The molecule has 0 saturated carbocycles. The zero-order chi connectivity index (χ0) is 13.1. The Morgan fingerprint density at radius 1 is 1.47 bits per heavy atom. The molecule has 0 radical (unpaired) electrons. The Balaban J connectivity index is 2.67. The van der Waals surface area contributed by atoms with Crippen LogP contribution in [-0.2, 0) is 24.0 Å². The van der Waals surface area contributed by atoms with E-state index >= 15 is 0 Å². The van der Waals surface area contributed by atoms with Gasteiger partial charge in [0.1, 0.15) is 12.2 Å². The molecule has 5 heteroatoms. The maximum atomic E-state index is 11.5. The molecule has 1 rings (SSSR count). The molecule has 1 heterocycles. The second-order valence-corrected chi connectivity index (χ2v) is 4.51. The van der Waals surface area contributed by atoms with Crippen LogP contribution in [-0.4, -0.2) is 30.6 Å². The molecule has 5 nitrogen and oxygen atoms in total. The van der Waals surface area contributed by atoms with Crippen molar-refractivity contribution in [2.45, 2.75) is 52.1 Å². The highest BCUT2D eigenvalue weighted by atomic mass is 17.2. The molecule has 0 aromatic rings. The molecule has 2 atom stereocenters. The van der Waals surface area contributed by atoms with Crippen molar-refractivity contribution in [3.05, 3.63) is 12.2 Å². The average molecular weight is 244 g/mol. The number of carbonyl (C=O) groups is 1. The van der Waals surface area contributed by atoms with Crippen molar-refractivity contribution < 1.29 is 24.0 Å². The van der Waals surface area contributed by atoms with E-state index in [1.807, 2.05) is 0 Å². The van der Waals surface area contributed by atoms with Crippen LogP contribution in [0.15, 0.2) is 12.2 Å². The lowest BCUT2D eigenvalue weighted by molar-refractivity contribution is -0.486. The fraction of sp³-hybridized carbons (Fsp3) is 0.750. The summed E-state index contributed by atoms with van der Waals surface area (Å²) in [5, 5.41) is 0. The zero-order valence-electron chi connectivity index (χ0n) is 10.8. The lowest BCUT2D eigenvalue weighted by Gasteiger charge is -2.39. The average Bonchev–Trinajstić information content (AvgIpc) is 2.15. The maximum absolute atomic E-state index is 11.5. The van der Waals surface area contributed by atoms with Gasteiger partial charge in [-0.1, -0.05) is 6.58 Å². The van der Waals surface area contributed by atoms with Crippen LogP contribution in [0.2, 0.25) is 0 Å². The van der Waals surface area contributed by atoms with Gasteiger partial charge >= 0.3 is 5.97 Å². The molecular weight excluding hydrogens is 224 g/mol. The Morgan fingerprint density at radius 3 is 2.65 bits per heavy atom. The van der Waals surface area contributed by atoms with Gasteiger partial charge in [0.25, 0.3) is 0 Å². The first-order chi connectivity index (χ1) is 7.85. The Bertz CT molecular complexity index is 297. The summed E-state index contributed by atoms with van der Waals surface area (Å²) in [6.45, 7) is 11.2. The van der Waals surface area contributed by atoms with Crippen molar-refractivity contribution in [2.24, 2.45) is 0 Å². The van der Waals surface area contributed by atoms with Crippen LogP contribution in [0.3, 0.4) is 0 Å². The van der Waals surface area contributed by atoms with Gasteiger partial charge in [-0.05, 0) is 33.3 Å². The van der Waals surface area contributed by atoms with Crippen LogP contribution in [0.5, 0.6) is 0 Å². The standard InChI is InChI=1S/C12H20O5/c1-6-14-10(13)7-9-11(8(2)3)16-17-12(4,5)15-9/h9,11H,2,6-7H2,1,3-5H3/t9-,11-/m1/s1. The Hall–Kier alpha value is -0.910. The van der Waals surface area contributed by atoms with Crippen molar-refractivity contribution in [1.29, 1.82) is 0 Å². The van der Waals surface area contributed by atoms with Crippen LogP contribution in [0.4, 0.5) is 0 Å². The molecule has 98 valence electrons. The first-order valence-corrected chi connectivity index (χ1v) is 5.69. The summed E-state index contributed by atoms with van der Waals surface area (Å²) in [6, 6.07) is 0. The molecule has 1 aliphatic heterocycles. The third-order valence-electron chi connectivity index (χ3n) is 2.28. The van der Waals surface area contributed by atoms with E-state index < -0.39 is 18.0 Å². The Labute approximate surface area is 102 Å². The molecule has 1 saturated heterocycles. The summed E-state index contributed by atoms with van der Waals surface area (Å²) in [7, 11) is 0. The summed E-state index contributed by atoms with van der Waals surface area (Å²) >= 11 is 0. The number of hydrogen-bond donors (Lipinski definition) is 0. The largest absolute Gasteiger partial charge is 0.466 e. The van der Waals surface area contributed by atoms with Gasteiger partial charge in [-0.25, -0.2) is 9.78 Å². The van der Waals surface area contributed by atoms with E-state index in [1.54, 1.807) is 27.7 Å². The van der Waals surface area contributed by atoms with Gasteiger partial charge < -0.3 is 9.47 Å². The maximum Gasteiger partial charge on any atom is 0.308 e. The van der Waals surface area contributed by atoms with E-state index in [9.17, 15) is 4.79 Å². The number of esters is 1. The van der Waals surface area contributed by atoms with E-state index in [1.165, 1.54) is 0 Å². The van der Waals surface area contributed by atoms with Gasteiger partial charge in [0.05, 0.1) is 13.0 Å². The molecule has 0 amide bonds. The quantitative estimate of drug-likeness (QED) is 0.430. The monoisotopic (exact) mass is 244 g/mol. The van der Waals surface area contributed by atoms with Crippen molar-refractivity contribution in [2.75, 3.05) is 6.61 Å². The van der Waals surface area contributed by atoms with Crippen molar-refractivity contribution >= 4 is 5.97 Å². The number of rotatable bonds is 4. The summed E-state index contributed by atoms with van der Waals surface area (Å²) in [6.07, 6.45) is -0.763. The molecule has 1 fully saturated rings. The van der Waals surface area contributed by atoms with Crippen molar-refractivity contribution in [1.82, 2.24) is 0 Å². The third-order valence-corrected chi connectivity index (χ3v) is 2.28. The minimum absolute atomic E-state index is 0.123. The molecule has 0 unspecified atom stereocenters. The second-order valence-electron chi connectivity index (χ2n) is 4.51. The predicted molar refractivity (Wildman–Crippen MR) is 61.0 cm³/mol. The van der Waals surface area contributed by atoms with Crippen LogP contribution >= 0.6 is 0 Å². The fourth-order valence-electron chi connectivity index (χ4n) is 1.61. The van der Waals surface area contributed by atoms with Gasteiger partial charge in [-0.3, -0.25) is 4.79 Å². The summed E-state index contributed by atoms with van der Waals surface area (Å²) in [4.78, 5) is 21.8. The zero-order valence-corrected chi connectivity index (χ0v) is 10.8. The van der Waals surface area contributed by atoms with Crippen LogP contribution in [0.1, 0.15) is 34.1 Å². The molecule has 1 aliphatic rings. The van der Waals surface area contributed by atoms with E-state index in [2.05, 4.69) is 6.58 Å². The van der Waals surface area contributed by atoms with Crippen LogP contribution in [0.25, 0.3) is 0 Å². The van der Waals surface area contributed by atoms with Crippen LogP contribution in [0, 0.1) is 0 Å². The van der Waals surface area contributed by atoms with Gasteiger partial charge in [0.15, 0.2) is 5.79 Å². The lowest BCUT2D eigenvalue weighted by Crippen LogP contribution is -2.48. The molecule has 17 heavy (non-hydrogen) atoms. The highest BCUT2D eigenvalue weighted by molar-refractivity contribution is 5.70. The number of carbonyl (C=O) groups excluding carboxylic acids is 1. The molecule has 0 aromatic carbocycles. The minimum Gasteiger partial charge on any atom is -0.466 e. The van der Waals surface area contributed by atoms with E-state index in [0.29, 0.717) is 6.61 Å². The van der Waals surface area contributed by atoms with Gasteiger partial charge in [-0.2, -0.15) is 0 Å². The van der Waals surface area contributed by atoms with Gasteiger partial charge in [0, 0.05) is 0 Å². The van der Waals surface area contributed by atoms with E-state index in [4.69, 9.17) is 19.2 Å². The normalized spacial score (nSPS) is 27.5. The fourth-order valence-corrected chi connectivity index (χ4v) is 1.61. The molecular formula is C12H20O5. The molecule has 0 aromatic heterocycles. The topological polar surface area (TPSA) is 54.0 Å². The highest BCUT2D eigenvalue weighted by Crippen LogP contribution is 2.29. The summed E-state index contributed by atoms with van der Waals surface area (Å²) < 4.78 is 10.6. The SMILES string of the molecule is C=C(C)[C@H]1OOC(C)(C)O[C@@H]1CC(=O)OCC. The summed E-state index contributed by atoms with van der Waals surface area (Å²) in [5.74, 6) is -1.19. The summed E-state index contributed by atoms with van der Waals surface area (Å²) in [5.41, 5.74) is 0.745. The lowest BCUT2D eigenvalue weighted by atomic mass is 10.0. The molecule has 0 N–H and O–H groups in total. The first kappa shape index (κ1) is 14.2.